The van der Waals surface area contributed by atoms with Crippen LogP contribution >= 0.6 is 0 Å². The van der Waals surface area contributed by atoms with Gasteiger partial charge in [-0.25, -0.2) is 8.42 Å². The van der Waals surface area contributed by atoms with Crippen LogP contribution in [0, 0.1) is 24.0 Å². The van der Waals surface area contributed by atoms with Crippen LogP contribution in [0.5, 0.6) is 5.75 Å². The fraction of sp³-hybridized carbons (Fsp3) is 0.235. The summed E-state index contributed by atoms with van der Waals surface area (Å²) < 4.78 is 40.8. The van der Waals surface area contributed by atoms with Gasteiger partial charge < -0.3 is 4.74 Å². The molecular weight excluding hydrogens is 394 g/mol. The third-order valence-corrected chi connectivity index (χ3v) is 6.06. The van der Waals surface area contributed by atoms with Crippen molar-refractivity contribution in [1.29, 1.82) is 0 Å². The molecule has 1 atom stereocenters. The van der Waals surface area contributed by atoms with Gasteiger partial charge in [-0.3, -0.25) is 19.1 Å². The Labute approximate surface area is 158 Å². The Morgan fingerprint density at radius 1 is 1.19 bits per heavy atom. The van der Waals surface area contributed by atoms with Crippen LogP contribution < -0.4 is 4.74 Å². The van der Waals surface area contributed by atoms with Crippen molar-refractivity contribution in [3.63, 3.8) is 0 Å². The SMILES string of the molecule is Cc1ccc(C)c(OC(=O)CS(=O)c2ccc(S(C)(=O)=O)cc2[N+](=O)[O-])c1. The lowest BCUT2D eigenvalue weighted by Crippen LogP contribution is -2.18. The first-order valence-electron chi connectivity index (χ1n) is 7.64. The number of aryl methyl sites for hydroxylation is 2. The number of nitro benzene ring substituents is 1. The maximum absolute atomic E-state index is 12.4. The van der Waals surface area contributed by atoms with Gasteiger partial charge in [0, 0.05) is 12.3 Å². The monoisotopic (exact) mass is 411 g/mol. The molecule has 0 saturated carbocycles. The summed E-state index contributed by atoms with van der Waals surface area (Å²) in [5.41, 5.74) is 0.954. The summed E-state index contributed by atoms with van der Waals surface area (Å²) in [5, 5.41) is 11.2. The molecular formula is C17H17NO7S2. The highest BCUT2D eigenvalue weighted by atomic mass is 32.2. The Kier molecular flexibility index (Phi) is 6.11. The summed E-state index contributed by atoms with van der Waals surface area (Å²) in [5.74, 6) is -1.10. The first-order chi connectivity index (χ1) is 12.5. The smallest absolute Gasteiger partial charge is 0.324 e. The van der Waals surface area contributed by atoms with Crippen LogP contribution in [-0.4, -0.2) is 35.5 Å². The minimum atomic E-state index is -3.67. The van der Waals surface area contributed by atoms with Gasteiger partial charge >= 0.3 is 5.97 Å². The second-order valence-electron chi connectivity index (χ2n) is 5.89. The van der Waals surface area contributed by atoms with E-state index in [0.717, 1.165) is 30.0 Å². The van der Waals surface area contributed by atoms with E-state index < -0.39 is 43.0 Å². The number of carbonyl (C=O) groups is 1. The van der Waals surface area contributed by atoms with Gasteiger partial charge in [-0.2, -0.15) is 0 Å². The average Bonchev–Trinajstić information content (AvgIpc) is 2.56. The number of ether oxygens (including phenoxy) is 1. The topological polar surface area (TPSA) is 121 Å². The molecule has 0 heterocycles. The van der Waals surface area contributed by atoms with Crippen molar-refractivity contribution in [3.8, 4) is 5.75 Å². The van der Waals surface area contributed by atoms with Crippen molar-refractivity contribution in [2.24, 2.45) is 0 Å². The van der Waals surface area contributed by atoms with Crippen LogP contribution in [0.25, 0.3) is 0 Å². The number of esters is 1. The Morgan fingerprint density at radius 3 is 2.44 bits per heavy atom. The van der Waals surface area contributed by atoms with Crippen LogP contribution in [0.15, 0.2) is 46.2 Å². The molecule has 2 aromatic rings. The van der Waals surface area contributed by atoms with E-state index in [-0.39, 0.29) is 9.79 Å². The van der Waals surface area contributed by atoms with E-state index in [2.05, 4.69) is 0 Å². The fourth-order valence-corrected chi connectivity index (χ4v) is 3.87. The summed E-state index contributed by atoms with van der Waals surface area (Å²) >= 11 is 0. The quantitative estimate of drug-likeness (QED) is 0.309. The van der Waals surface area contributed by atoms with Gasteiger partial charge in [0.2, 0.25) is 0 Å². The molecule has 0 spiro atoms. The van der Waals surface area contributed by atoms with Gasteiger partial charge in [0.25, 0.3) is 5.69 Å². The van der Waals surface area contributed by atoms with Gasteiger partial charge in [-0.1, -0.05) is 12.1 Å². The van der Waals surface area contributed by atoms with Gasteiger partial charge in [-0.15, -0.1) is 0 Å². The molecule has 0 aliphatic carbocycles. The van der Waals surface area contributed by atoms with Crippen molar-refractivity contribution >= 4 is 32.3 Å². The zero-order valence-electron chi connectivity index (χ0n) is 14.8. The second-order valence-corrected chi connectivity index (χ2v) is 9.33. The first-order valence-corrected chi connectivity index (χ1v) is 10.8. The Hall–Kier alpha value is -2.59. The number of hydrogen-bond donors (Lipinski definition) is 0. The lowest BCUT2D eigenvalue weighted by molar-refractivity contribution is -0.388. The molecule has 0 aliphatic rings. The molecule has 2 aromatic carbocycles. The highest BCUT2D eigenvalue weighted by molar-refractivity contribution is 7.90. The van der Waals surface area contributed by atoms with Crippen molar-refractivity contribution < 1.29 is 27.1 Å². The Morgan fingerprint density at radius 2 is 1.85 bits per heavy atom. The number of nitro groups is 1. The minimum Gasteiger partial charge on any atom is -0.426 e. The molecule has 10 heteroatoms. The maximum atomic E-state index is 12.4. The van der Waals surface area contributed by atoms with E-state index in [1.54, 1.807) is 19.1 Å². The predicted molar refractivity (Wildman–Crippen MR) is 99.0 cm³/mol. The number of sulfone groups is 1. The molecule has 144 valence electrons. The highest BCUT2D eigenvalue weighted by Crippen LogP contribution is 2.26. The molecule has 27 heavy (non-hydrogen) atoms. The molecule has 0 aromatic heterocycles. The van der Waals surface area contributed by atoms with Crippen LogP contribution in [0.3, 0.4) is 0 Å². The second kappa shape index (κ2) is 7.97. The van der Waals surface area contributed by atoms with Crippen molar-refractivity contribution in [2.75, 3.05) is 12.0 Å². The Bertz CT molecular complexity index is 1050. The summed E-state index contributed by atoms with van der Waals surface area (Å²) in [6, 6.07) is 8.29. The summed E-state index contributed by atoms with van der Waals surface area (Å²) in [6.45, 7) is 3.56. The van der Waals surface area contributed by atoms with Crippen molar-refractivity contribution in [1.82, 2.24) is 0 Å². The van der Waals surface area contributed by atoms with Crippen molar-refractivity contribution in [3.05, 3.63) is 57.6 Å². The van der Waals surface area contributed by atoms with Crippen LogP contribution in [-0.2, 0) is 25.4 Å². The molecule has 0 radical (unpaired) electrons. The molecule has 1 unspecified atom stereocenters. The molecule has 0 amide bonds. The molecule has 0 bridgehead atoms. The number of nitrogens with zero attached hydrogens (tertiary/aromatic N) is 1. The normalized spacial score (nSPS) is 12.4. The molecule has 8 nitrogen and oxygen atoms in total. The molecule has 0 N–H and O–H groups in total. The average molecular weight is 411 g/mol. The maximum Gasteiger partial charge on any atom is 0.324 e. The van der Waals surface area contributed by atoms with Crippen LogP contribution in [0.2, 0.25) is 0 Å². The van der Waals surface area contributed by atoms with Crippen LogP contribution in [0.1, 0.15) is 11.1 Å². The lowest BCUT2D eigenvalue weighted by Gasteiger charge is -2.09. The van der Waals surface area contributed by atoms with E-state index in [4.69, 9.17) is 4.74 Å². The molecule has 0 saturated heterocycles. The number of hydrogen-bond acceptors (Lipinski definition) is 7. The Balaban J connectivity index is 2.26. The molecule has 2 rings (SSSR count). The minimum absolute atomic E-state index is 0.245. The van der Waals surface area contributed by atoms with E-state index in [1.165, 1.54) is 0 Å². The van der Waals surface area contributed by atoms with Gasteiger partial charge in [0.05, 0.1) is 20.6 Å². The van der Waals surface area contributed by atoms with Gasteiger partial charge in [-0.05, 0) is 43.2 Å². The molecule has 0 fully saturated rings. The van der Waals surface area contributed by atoms with E-state index in [1.807, 2.05) is 13.0 Å². The summed E-state index contributed by atoms with van der Waals surface area (Å²) in [6.07, 6.45) is 0.907. The van der Waals surface area contributed by atoms with E-state index in [9.17, 15) is 27.5 Å². The van der Waals surface area contributed by atoms with E-state index in [0.29, 0.717) is 11.3 Å². The predicted octanol–water partition coefficient (Wildman–Crippen LogP) is 2.33. The first kappa shape index (κ1) is 20.7. The van der Waals surface area contributed by atoms with Gasteiger partial charge in [0.1, 0.15) is 16.4 Å². The molecule has 0 aliphatic heterocycles. The fourth-order valence-electron chi connectivity index (χ4n) is 2.22. The summed E-state index contributed by atoms with van der Waals surface area (Å²) in [7, 11) is -5.75. The number of carbonyl (C=O) groups excluding carboxylic acids is 1. The third kappa shape index (κ3) is 5.20. The number of rotatable bonds is 6. The van der Waals surface area contributed by atoms with E-state index >= 15 is 0 Å². The third-order valence-electron chi connectivity index (χ3n) is 3.62. The zero-order valence-corrected chi connectivity index (χ0v) is 16.4. The zero-order chi connectivity index (χ0) is 20.4. The number of benzene rings is 2. The van der Waals surface area contributed by atoms with Crippen molar-refractivity contribution in [2.45, 2.75) is 23.6 Å². The summed E-state index contributed by atoms with van der Waals surface area (Å²) in [4.78, 5) is 22.0. The highest BCUT2D eigenvalue weighted by Gasteiger charge is 2.24. The standard InChI is InChI=1S/C17H17NO7S2/c1-11-4-5-12(2)15(8-11)25-17(19)10-26(22)16-7-6-13(27(3,23)24)9-14(16)18(20)21/h4-9H,10H2,1-3H3. The van der Waals surface area contributed by atoms with Gasteiger partial charge in [0.15, 0.2) is 9.84 Å². The lowest BCUT2D eigenvalue weighted by atomic mass is 10.1. The van der Waals surface area contributed by atoms with Crippen LogP contribution in [0.4, 0.5) is 5.69 Å². The largest absolute Gasteiger partial charge is 0.426 e.